The fourth-order valence-electron chi connectivity index (χ4n) is 1.13. The van der Waals surface area contributed by atoms with E-state index in [-0.39, 0.29) is 0 Å². The number of rotatable bonds is 2. The summed E-state index contributed by atoms with van der Waals surface area (Å²) in [6, 6.07) is 4.88. The third-order valence-corrected chi connectivity index (χ3v) is 3.96. The Bertz CT molecular complexity index is 568. The van der Waals surface area contributed by atoms with Gasteiger partial charge in [-0.15, -0.1) is 0 Å². The highest BCUT2D eigenvalue weighted by Gasteiger charge is 2.38. The number of sulfone groups is 1. The van der Waals surface area contributed by atoms with Crippen molar-refractivity contribution in [3.05, 3.63) is 40.6 Å². The molecule has 0 saturated carbocycles. The van der Waals surface area contributed by atoms with Crippen LogP contribution >= 0.6 is 0 Å². The molecule has 0 atom stereocenters. The topological polar surface area (TPSA) is 34.1 Å². The SMILES string of the molecule is C/C(=C(/F)S(=O)(=O)c1ccc(C)cc1)C(F)(F)F. The second-order valence-electron chi connectivity index (χ2n) is 3.71. The zero-order valence-electron chi connectivity index (χ0n) is 9.55. The first kappa shape index (κ1) is 14.7. The molecule has 7 heteroatoms. The smallest absolute Gasteiger partial charge is 0.216 e. The fourth-order valence-corrected chi connectivity index (χ4v) is 2.35. The lowest BCUT2D eigenvalue weighted by molar-refractivity contribution is -0.0926. The summed E-state index contributed by atoms with van der Waals surface area (Å²) in [5.41, 5.74) is -1.05. The minimum Gasteiger partial charge on any atom is -0.216 e. The molecule has 2 nitrogen and oxygen atoms in total. The zero-order valence-corrected chi connectivity index (χ0v) is 10.4. The van der Waals surface area contributed by atoms with Gasteiger partial charge >= 0.3 is 6.18 Å². The van der Waals surface area contributed by atoms with Gasteiger partial charge in [0.15, 0.2) is 0 Å². The first-order valence-corrected chi connectivity index (χ1v) is 6.30. The summed E-state index contributed by atoms with van der Waals surface area (Å²) >= 11 is 0. The predicted molar refractivity (Wildman–Crippen MR) is 58.2 cm³/mol. The largest absolute Gasteiger partial charge is 0.415 e. The van der Waals surface area contributed by atoms with Gasteiger partial charge in [-0.3, -0.25) is 0 Å². The summed E-state index contributed by atoms with van der Waals surface area (Å²) in [7, 11) is -4.75. The van der Waals surface area contributed by atoms with Crippen molar-refractivity contribution in [2.24, 2.45) is 0 Å². The van der Waals surface area contributed by atoms with E-state index in [9.17, 15) is 26.0 Å². The molecule has 0 radical (unpaired) electrons. The number of alkyl halides is 3. The van der Waals surface area contributed by atoms with E-state index in [4.69, 9.17) is 0 Å². The molecule has 0 heterocycles. The number of hydrogen-bond donors (Lipinski definition) is 0. The normalized spacial score (nSPS) is 14.3. The molecular formula is C11H10F4O2S. The Hall–Kier alpha value is -1.37. The molecule has 1 rings (SSSR count). The second kappa shape index (κ2) is 4.72. The van der Waals surface area contributed by atoms with Gasteiger partial charge in [-0.1, -0.05) is 17.7 Å². The minimum atomic E-state index is -5.01. The Morgan fingerprint density at radius 1 is 1.11 bits per heavy atom. The van der Waals surface area contributed by atoms with Gasteiger partial charge < -0.3 is 0 Å². The average molecular weight is 282 g/mol. The molecule has 0 aliphatic rings. The Morgan fingerprint density at radius 3 is 1.94 bits per heavy atom. The van der Waals surface area contributed by atoms with E-state index < -0.39 is 31.6 Å². The van der Waals surface area contributed by atoms with Gasteiger partial charge in [0.05, 0.1) is 10.5 Å². The highest BCUT2D eigenvalue weighted by atomic mass is 32.2. The molecule has 0 unspecified atom stereocenters. The Morgan fingerprint density at radius 2 is 1.56 bits per heavy atom. The first-order valence-electron chi connectivity index (χ1n) is 4.82. The Kier molecular flexibility index (Phi) is 3.85. The molecule has 0 aromatic heterocycles. The van der Waals surface area contributed by atoms with E-state index in [1.54, 1.807) is 6.92 Å². The van der Waals surface area contributed by atoms with Crippen LogP contribution in [0, 0.1) is 6.92 Å². The predicted octanol–water partition coefficient (Wildman–Crippen LogP) is 3.53. The maximum Gasteiger partial charge on any atom is 0.415 e. The number of allylic oxidation sites excluding steroid dienone is 1. The summed E-state index contributed by atoms with van der Waals surface area (Å²) in [4.78, 5) is -0.505. The summed E-state index contributed by atoms with van der Waals surface area (Å²) < 4.78 is 73.4. The number of benzene rings is 1. The molecule has 100 valence electrons. The molecule has 1 aromatic rings. The van der Waals surface area contributed by atoms with Gasteiger partial charge in [0.1, 0.15) is 0 Å². The average Bonchev–Trinajstić information content (AvgIpc) is 2.26. The van der Waals surface area contributed by atoms with Crippen molar-refractivity contribution in [2.45, 2.75) is 24.9 Å². The van der Waals surface area contributed by atoms with E-state index in [1.807, 2.05) is 0 Å². The van der Waals surface area contributed by atoms with Crippen LogP contribution in [-0.2, 0) is 9.84 Å². The van der Waals surface area contributed by atoms with Crippen LogP contribution in [0.15, 0.2) is 39.9 Å². The zero-order chi connectivity index (χ0) is 14.1. The molecule has 0 aliphatic heterocycles. The van der Waals surface area contributed by atoms with Gasteiger partial charge in [-0.25, -0.2) is 8.42 Å². The van der Waals surface area contributed by atoms with Crippen molar-refractivity contribution in [1.29, 1.82) is 0 Å². The van der Waals surface area contributed by atoms with Crippen LogP contribution in [-0.4, -0.2) is 14.6 Å². The third-order valence-electron chi connectivity index (χ3n) is 2.29. The van der Waals surface area contributed by atoms with E-state index in [0.29, 0.717) is 12.5 Å². The van der Waals surface area contributed by atoms with Gasteiger partial charge in [-0.05, 0) is 26.0 Å². The van der Waals surface area contributed by atoms with Crippen LogP contribution in [0.3, 0.4) is 0 Å². The van der Waals surface area contributed by atoms with Crippen molar-refractivity contribution in [1.82, 2.24) is 0 Å². The van der Waals surface area contributed by atoms with Gasteiger partial charge in [0.2, 0.25) is 15.0 Å². The van der Waals surface area contributed by atoms with Gasteiger partial charge in [0, 0.05) is 0 Å². The molecule has 0 bridgehead atoms. The molecule has 0 amide bonds. The lowest BCUT2D eigenvalue weighted by Gasteiger charge is -2.09. The number of halogens is 4. The lowest BCUT2D eigenvalue weighted by Crippen LogP contribution is -2.14. The number of hydrogen-bond acceptors (Lipinski definition) is 2. The molecule has 0 aliphatic carbocycles. The third kappa shape index (κ3) is 2.90. The molecule has 18 heavy (non-hydrogen) atoms. The number of aryl methyl sites for hydroxylation is 1. The molecule has 0 N–H and O–H groups in total. The summed E-state index contributed by atoms with van der Waals surface area (Å²) in [6.45, 7) is 2.06. The highest BCUT2D eigenvalue weighted by Crippen LogP contribution is 2.32. The van der Waals surface area contributed by atoms with Crippen molar-refractivity contribution in [2.75, 3.05) is 0 Å². The molecular weight excluding hydrogens is 272 g/mol. The molecule has 1 aromatic carbocycles. The Labute approximate surface area is 102 Å². The fraction of sp³-hybridized carbons (Fsp3) is 0.273. The van der Waals surface area contributed by atoms with Crippen LogP contribution in [0.25, 0.3) is 0 Å². The molecule has 0 saturated heterocycles. The lowest BCUT2D eigenvalue weighted by atomic mass is 10.2. The monoisotopic (exact) mass is 282 g/mol. The van der Waals surface area contributed by atoms with Gasteiger partial charge in [-0.2, -0.15) is 17.6 Å². The molecule has 0 fully saturated rings. The van der Waals surface area contributed by atoms with Crippen molar-refractivity contribution < 1.29 is 26.0 Å². The highest BCUT2D eigenvalue weighted by molar-refractivity contribution is 7.95. The van der Waals surface area contributed by atoms with Crippen molar-refractivity contribution in [3.8, 4) is 0 Å². The van der Waals surface area contributed by atoms with Crippen molar-refractivity contribution in [3.63, 3.8) is 0 Å². The van der Waals surface area contributed by atoms with Crippen LogP contribution in [0.4, 0.5) is 17.6 Å². The quantitative estimate of drug-likeness (QED) is 0.778. The standard InChI is InChI=1S/C11H10F4O2S/c1-7-3-5-9(6-4-7)18(16,17)10(12)8(2)11(13,14)15/h3-6H,1-2H3/b10-8+. The second-order valence-corrected chi connectivity index (χ2v) is 5.55. The van der Waals surface area contributed by atoms with E-state index in [2.05, 4.69) is 0 Å². The maximum absolute atomic E-state index is 13.4. The minimum absolute atomic E-state index is 0.390. The van der Waals surface area contributed by atoms with Crippen LogP contribution in [0.1, 0.15) is 12.5 Å². The maximum atomic E-state index is 13.4. The van der Waals surface area contributed by atoms with Crippen LogP contribution in [0.5, 0.6) is 0 Å². The Balaban J connectivity index is 3.36. The van der Waals surface area contributed by atoms with Crippen LogP contribution < -0.4 is 0 Å². The van der Waals surface area contributed by atoms with E-state index >= 15 is 0 Å². The van der Waals surface area contributed by atoms with Crippen LogP contribution in [0.2, 0.25) is 0 Å². The first-order chi connectivity index (χ1) is 8.06. The summed E-state index contributed by atoms with van der Waals surface area (Å²) in [6.07, 6.45) is -5.01. The summed E-state index contributed by atoms with van der Waals surface area (Å²) in [5, 5.41) is -2.17. The van der Waals surface area contributed by atoms with E-state index in [1.165, 1.54) is 12.1 Å². The summed E-state index contributed by atoms with van der Waals surface area (Å²) in [5.74, 6) is 0. The van der Waals surface area contributed by atoms with Crippen molar-refractivity contribution >= 4 is 9.84 Å². The van der Waals surface area contributed by atoms with E-state index in [0.717, 1.165) is 12.1 Å². The van der Waals surface area contributed by atoms with Gasteiger partial charge in [0.25, 0.3) is 0 Å². The molecule has 0 spiro atoms.